The molecule has 1 aromatic carbocycles. The fourth-order valence-electron chi connectivity index (χ4n) is 2.05. The minimum atomic E-state index is -0.267. The largest absolute Gasteiger partial charge is 0.314 e. The highest BCUT2D eigenvalue weighted by atomic mass is 35.5. The van der Waals surface area contributed by atoms with Gasteiger partial charge in [0.25, 0.3) is 0 Å². The molecular weight excluding hydrogens is 249 g/mol. The summed E-state index contributed by atoms with van der Waals surface area (Å²) >= 11 is 5.78. The van der Waals surface area contributed by atoms with Gasteiger partial charge in [-0.3, -0.25) is 0 Å². The van der Waals surface area contributed by atoms with Crippen molar-refractivity contribution in [3.05, 3.63) is 34.6 Å². The van der Waals surface area contributed by atoms with Crippen molar-refractivity contribution in [2.45, 2.75) is 46.1 Å². The summed E-state index contributed by atoms with van der Waals surface area (Å²) < 4.78 is 13.8. The fraction of sp³-hybridized carbons (Fsp3) is 0.600. The Morgan fingerprint density at radius 2 is 2.06 bits per heavy atom. The van der Waals surface area contributed by atoms with Crippen LogP contribution in [0.2, 0.25) is 5.02 Å². The summed E-state index contributed by atoms with van der Waals surface area (Å²) in [6, 6.07) is 5.65. The predicted molar refractivity (Wildman–Crippen MR) is 76.7 cm³/mol. The van der Waals surface area contributed by atoms with E-state index in [1.54, 1.807) is 6.07 Å². The first kappa shape index (κ1) is 15.5. The van der Waals surface area contributed by atoms with Gasteiger partial charge in [0, 0.05) is 6.04 Å². The quantitative estimate of drug-likeness (QED) is 0.773. The molecule has 3 heteroatoms. The summed E-state index contributed by atoms with van der Waals surface area (Å²) in [5, 5.41) is 3.74. The summed E-state index contributed by atoms with van der Waals surface area (Å²) in [5.41, 5.74) is 0.714. The van der Waals surface area contributed by atoms with Crippen LogP contribution >= 0.6 is 11.6 Å². The van der Waals surface area contributed by atoms with Crippen molar-refractivity contribution >= 4 is 11.6 Å². The van der Waals surface area contributed by atoms with Crippen molar-refractivity contribution in [3.8, 4) is 0 Å². The summed E-state index contributed by atoms with van der Waals surface area (Å²) in [7, 11) is 0. The van der Waals surface area contributed by atoms with E-state index in [0.717, 1.165) is 25.8 Å². The number of nitrogens with one attached hydrogen (secondary N) is 1. The Bertz CT molecular complexity index is 366. The minimum Gasteiger partial charge on any atom is -0.314 e. The van der Waals surface area contributed by atoms with Crippen LogP contribution in [0.25, 0.3) is 0 Å². The molecule has 0 bridgehead atoms. The third kappa shape index (κ3) is 4.58. The van der Waals surface area contributed by atoms with Gasteiger partial charge in [-0.2, -0.15) is 0 Å². The molecule has 1 unspecified atom stereocenters. The molecule has 0 aliphatic heterocycles. The smallest absolute Gasteiger partial charge is 0.144 e. The lowest BCUT2D eigenvalue weighted by Crippen LogP contribution is -2.34. The first-order chi connectivity index (χ1) is 8.56. The molecule has 1 rings (SSSR count). The summed E-state index contributed by atoms with van der Waals surface area (Å²) in [6.07, 6.45) is 2.79. The molecule has 0 aliphatic rings. The number of aryl methyl sites for hydroxylation is 1. The molecule has 0 fully saturated rings. The number of benzene rings is 1. The standard InChI is InChI=1S/C15H23ClFN/c1-4-10-18-14(11(2)3)9-8-12-6-5-7-13(16)15(12)17/h5-7,11,14,18H,4,8-10H2,1-3H3. The van der Waals surface area contributed by atoms with Gasteiger partial charge in [-0.15, -0.1) is 0 Å². The highest BCUT2D eigenvalue weighted by Gasteiger charge is 2.14. The predicted octanol–water partition coefficient (Wildman–Crippen LogP) is 4.44. The molecule has 0 aromatic heterocycles. The van der Waals surface area contributed by atoms with E-state index in [9.17, 15) is 4.39 Å². The Hall–Kier alpha value is -0.600. The third-order valence-electron chi connectivity index (χ3n) is 3.22. The Labute approximate surface area is 115 Å². The van der Waals surface area contributed by atoms with E-state index in [2.05, 4.69) is 26.1 Å². The molecule has 1 N–H and O–H groups in total. The molecular formula is C15H23ClFN. The topological polar surface area (TPSA) is 12.0 Å². The van der Waals surface area contributed by atoms with Crippen molar-refractivity contribution in [2.24, 2.45) is 5.92 Å². The SMILES string of the molecule is CCCNC(CCc1cccc(Cl)c1F)C(C)C. The molecule has 102 valence electrons. The maximum absolute atomic E-state index is 13.8. The highest BCUT2D eigenvalue weighted by Crippen LogP contribution is 2.20. The lowest BCUT2D eigenvalue weighted by Gasteiger charge is -2.22. The van der Waals surface area contributed by atoms with E-state index in [0.29, 0.717) is 17.5 Å². The molecule has 0 saturated heterocycles. The second-order valence-electron chi connectivity index (χ2n) is 5.06. The normalized spacial score (nSPS) is 13.0. The average Bonchev–Trinajstić information content (AvgIpc) is 2.33. The Kier molecular flexibility index (Phi) is 6.66. The Balaban J connectivity index is 2.58. The fourth-order valence-corrected chi connectivity index (χ4v) is 2.25. The van der Waals surface area contributed by atoms with Crippen LogP contribution in [0.5, 0.6) is 0 Å². The second kappa shape index (κ2) is 7.75. The maximum Gasteiger partial charge on any atom is 0.144 e. The van der Waals surface area contributed by atoms with Crippen LogP contribution in [-0.4, -0.2) is 12.6 Å². The number of halogens is 2. The van der Waals surface area contributed by atoms with Crippen LogP contribution in [0, 0.1) is 11.7 Å². The van der Waals surface area contributed by atoms with E-state index < -0.39 is 0 Å². The minimum absolute atomic E-state index is 0.218. The van der Waals surface area contributed by atoms with Crippen LogP contribution in [0.3, 0.4) is 0 Å². The van der Waals surface area contributed by atoms with E-state index in [1.807, 2.05) is 12.1 Å². The van der Waals surface area contributed by atoms with Crippen molar-refractivity contribution in [1.29, 1.82) is 0 Å². The zero-order chi connectivity index (χ0) is 13.5. The van der Waals surface area contributed by atoms with Crippen LogP contribution in [0.4, 0.5) is 4.39 Å². The molecule has 0 amide bonds. The van der Waals surface area contributed by atoms with Crippen molar-refractivity contribution in [3.63, 3.8) is 0 Å². The molecule has 1 atom stereocenters. The average molecular weight is 272 g/mol. The Morgan fingerprint density at radius 3 is 2.67 bits per heavy atom. The monoisotopic (exact) mass is 271 g/mol. The molecule has 1 nitrogen and oxygen atoms in total. The molecule has 1 aromatic rings. The number of hydrogen-bond donors (Lipinski definition) is 1. The maximum atomic E-state index is 13.8. The van der Waals surface area contributed by atoms with E-state index in [-0.39, 0.29) is 10.8 Å². The van der Waals surface area contributed by atoms with E-state index in [1.165, 1.54) is 0 Å². The molecule has 0 saturated carbocycles. The summed E-state index contributed by atoms with van der Waals surface area (Å²) in [5.74, 6) is 0.288. The first-order valence-corrected chi connectivity index (χ1v) is 7.10. The zero-order valence-electron chi connectivity index (χ0n) is 11.5. The van der Waals surface area contributed by atoms with Crippen LogP contribution in [-0.2, 0) is 6.42 Å². The molecule has 0 heterocycles. The first-order valence-electron chi connectivity index (χ1n) is 6.72. The van der Waals surface area contributed by atoms with Gasteiger partial charge in [-0.05, 0) is 43.4 Å². The highest BCUT2D eigenvalue weighted by molar-refractivity contribution is 6.30. The lowest BCUT2D eigenvalue weighted by atomic mass is 9.96. The summed E-state index contributed by atoms with van der Waals surface area (Å²) in [6.45, 7) is 7.56. The van der Waals surface area contributed by atoms with Crippen molar-refractivity contribution in [2.75, 3.05) is 6.54 Å². The number of rotatable bonds is 7. The Morgan fingerprint density at radius 1 is 1.33 bits per heavy atom. The van der Waals surface area contributed by atoms with Gasteiger partial charge in [0.15, 0.2) is 0 Å². The molecule has 0 spiro atoms. The van der Waals surface area contributed by atoms with Crippen molar-refractivity contribution < 1.29 is 4.39 Å². The van der Waals surface area contributed by atoms with Crippen molar-refractivity contribution in [1.82, 2.24) is 5.32 Å². The molecule has 0 aliphatic carbocycles. The summed E-state index contributed by atoms with van der Waals surface area (Å²) in [4.78, 5) is 0. The van der Waals surface area contributed by atoms with Gasteiger partial charge in [0.05, 0.1) is 5.02 Å². The van der Waals surface area contributed by atoms with Gasteiger partial charge < -0.3 is 5.32 Å². The number of hydrogen-bond acceptors (Lipinski definition) is 1. The van der Waals surface area contributed by atoms with Gasteiger partial charge in [0.2, 0.25) is 0 Å². The third-order valence-corrected chi connectivity index (χ3v) is 3.51. The van der Waals surface area contributed by atoms with Crippen LogP contribution in [0.1, 0.15) is 39.2 Å². The lowest BCUT2D eigenvalue weighted by molar-refractivity contribution is 0.376. The molecule has 0 radical (unpaired) electrons. The zero-order valence-corrected chi connectivity index (χ0v) is 12.2. The van der Waals surface area contributed by atoms with Gasteiger partial charge in [-0.25, -0.2) is 4.39 Å². The van der Waals surface area contributed by atoms with E-state index in [4.69, 9.17) is 11.6 Å². The van der Waals surface area contributed by atoms with Gasteiger partial charge in [0.1, 0.15) is 5.82 Å². The van der Waals surface area contributed by atoms with Crippen LogP contribution in [0.15, 0.2) is 18.2 Å². The van der Waals surface area contributed by atoms with Gasteiger partial charge >= 0.3 is 0 Å². The molecule has 18 heavy (non-hydrogen) atoms. The van der Waals surface area contributed by atoms with Crippen LogP contribution < -0.4 is 5.32 Å². The van der Waals surface area contributed by atoms with E-state index >= 15 is 0 Å². The van der Waals surface area contributed by atoms with Gasteiger partial charge in [-0.1, -0.05) is 44.5 Å². The second-order valence-corrected chi connectivity index (χ2v) is 5.46.